The van der Waals surface area contributed by atoms with Crippen molar-refractivity contribution in [1.29, 1.82) is 0 Å². The average Bonchev–Trinajstić information content (AvgIpc) is 2.88. The highest BCUT2D eigenvalue weighted by Crippen LogP contribution is 2.51. The topological polar surface area (TPSA) is 9.23 Å². The van der Waals surface area contributed by atoms with Gasteiger partial charge in [-0.1, -0.05) is 73.3 Å². The van der Waals surface area contributed by atoms with E-state index in [-0.39, 0.29) is 0 Å². The molecule has 0 fully saturated rings. The van der Waals surface area contributed by atoms with Crippen LogP contribution in [0.25, 0.3) is 21.9 Å². The first kappa shape index (κ1) is 14.9. The number of benzene rings is 3. The summed E-state index contributed by atoms with van der Waals surface area (Å²) in [5.41, 5.74) is 5.16. The Hall–Kier alpha value is -2.64. The van der Waals surface area contributed by atoms with Crippen molar-refractivity contribution in [2.75, 3.05) is 6.61 Å². The number of ether oxygens (including phenoxy) is 1. The van der Waals surface area contributed by atoms with Crippen LogP contribution in [0.4, 0.5) is 0 Å². The van der Waals surface area contributed by atoms with Crippen LogP contribution >= 0.6 is 0 Å². The normalized spacial score (nSPS) is 18.2. The van der Waals surface area contributed by atoms with Gasteiger partial charge < -0.3 is 4.74 Å². The number of rotatable bonds is 4. The lowest BCUT2D eigenvalue weighted by Gasteiger charge is -2.29. The molecule has 4 rings (SSSR count). The second-order valence-electron chi connectivity index (χ2n) is 6.48. The van der Waals surface area contributed by atoms with Crippen molar-refractivity contribution < 1.29 is 4.74 Å². The number of hydrogen-bond acceptors (Lipinski definition) is 1. The summed E-state index contributed by atoms with van der Waals surface area (Å²) in [5, 5.41) is 2.46. The molecule has 0 spiro atoms. The standard InChI is InChI=1S/C23H20O/c1-4-23(24-15-16(2)3)21-12-8-7-11-19(21)20-13-17-9-5-6-10-18(17)14-22(20)23/h4-14H,1-2,15H2,3H3. The summed E-state index contributed by atoms with van der Waals surface area (Å²) in [6.07, 6.45) is 1.93. The van der Waals surface area contributed by atoms with Gasteiger partial charge in [-0.3, -0.25) is 0 Å². The molecule has 0 amide bonds. The lowest BCUT2D eigenvalue weighted by molar-refractivity contribution is 0.0382. The summed E-state index contributed by atoms with van der Waals surface area (Å²) >= 11 is 0. The Balaban J connectivity index is 2.03. The molecule has 24 heavy (non-hydrogen) atoms. The molecule has 0 radical (unpaired) electrons. The minimum atomic E-state index is -0.616. The Bertz CT molecular complexity index is 967. The molecule has 118 valence electrons. The highest BCUT2D eigenvalue weighted by molar-refractivity contribution is 5.93. The molecule has 0 saturated heterocycles. The second kappa shape index (κ2) is 5.47. The van der Waals surface area contributed by atoms with Crippen LogP contribution in [0.5, 0.6) is 0 Å². The maximum Gasteiger partial charge on any atom is 0.138 e. The van der Waals surface area contributed by atoms with Crippen LogP contribution in [-0.4, -0.2) is 6.61 Å². The van der Waals surface area contributed by atoms with Crippen molar-refractivity contribution in [2.24, 2.45) is 0 Å². The third-order valence-electron chi connectivity index (χ3n) is 4.74. The minimum Gasteiger partial charge on any atom is -0.357 e. The largest absolute Gasteiger partial charge is 0.357 e. The first-order chi connectivity index (χ1) is 11.7. The fourth-order valence-electron chi connectivity index (χ4n) is 3.63. The SMILES string of the molecule is C=CC1(OCC(=C)C)c2ccccc2-c2cc3ccccc3cc21. The van der Waals surface area contributed by atoms with Gasteiger partial charge in [-0.25, -0.2) is 0 Å². The van der Waals surface area contributed by atoms with Gasteiger partial charge in [-0.05, 0) is 41.0 Å². The van der Waals surface area contributed by atoms with Gasteiger partial charge in [0.1, 0.15) is 5.60 Å². The Morgan fingerprint density at radius 2 is 1.62 bits per heavy atom. The van der Waals surface area contributed by atoms with Crippen LogP contribution in [0.1, 0.15) is 18.1 Å². The molecule has 1 unspecified atom stereocenters. The van der Waals surface area contributed by atoms with Crippen LogP contribution < -0.4 is 0 Å². The van der Waals surface area contributed by atoms with Gasteiger partial charge in [0, 0.05) is 11.1 Å². The molecule has 0 aromatic heterocycles. The first-order valence-corrected chi connectivity index (χ1v) is 8.21. The second-order valence-corrected chi connectivity index (χ2v) is 6.48. The Kier molecular flexibility index (Phi) is 3.40. The summed E-state index contributed by atoms with van der Waals surface area (Å²) in [6, 6.07) is 21.4. The summed E-state index contributed by atoms with van der Waals surface area (Å²) in [6.45, 7) is 10.6. The number of hydrogen-bond donors (Lipinski definition) is 0. The van der Waals surface area contributed by atoms with Gasteiger partial charge in [0.25, 0.3) is 0 Å². The van der Waals surface area contributed by atoms with Gasteiger partial charge >= 0.3 is 0 Å². The number of fused-ring (bicyclic) bond motifs is 4. The zero-order valence-corrected chi connectivity index (χ0v) is 13.9. The molecule has 1 heteroatoms. The summed E-state index contributed by atoms with van der Waals surface area (Å²) < 4.78 is 6.39. The molecule has 3 aromatic rings. The third kappa shape index (κ3) is 2.05. The first-order valence-electron chi connectivity index (χ1n) is 8.21. The smallest absolute Gasteiger partial charge is 0.138 e. The highest BCUT2D eigenvalue weighted by Gasteiger charge is 2.42. The van der Waals surface area contributed by atoms with Gasteiger partial charge in [0.2, 0.25) is 0 Å². The molecule has 1 atom stereocenters. The predicted octanol–water partition coefficient (Wildman–Crippen LogP) is 5.84. The summed E-state index contributed by atoms with van der Waals surface area (Å²) in [4.78, 5) is 0. The van der Waals surface area contributed by atoms with Crippen LogP contribution in [0.2, 0.25) is 0 Å². The van der Waals surface area contributed by atoms with Crippen molar-refractivity contribution in [3.8, 4) is 11.1 Å². The maximum atomic E-state index is 6.39. The van der Waals surface area contributed by atoms with E-state index in [1.807, 2.05) is 13.0 Å². The van der Waals surface area contributed by atoms with E-state index in [2.05, 4.69) is 73.8 Å². The molecular formula is C23H20O. The van der Waals surface area contributed by atoms with Crippen LogP contribution in [0.3, 0.4) is 0 Å². The van der Waals surface area contributed by atoms with Crippen molar-refractivity contribution in [2.45, 2.75) is 12.5 Å². The fraction of sp³-hybridized carbons (Fsp3) is 0.130. The van der Waals surface area contributed by atoms with Crippen molar-refractivity contribution in [3.63, 3.8) is 0 Å². The molecule has 1 aliphatic rings. The van der Waals surface area contributed by atoms with Crippen LogP contribution in [-0.2, 0) is 10.3 Å². The zero-order valence-electron chi connectivity index (χ0n) is 13.9. The van der Waals surface area contributed by atoms with E-state index in [0.717, 1.165) is 11.1 Å². The van der Waals surface area contributed by atoms with E-state index in [9.17, 15) is 0 Å². The Morgan fingerprint density at radius 3 is 2.33 bits per heavy atom. The third-order valence-corrected chi connectivity index (χ3v) is 4.74. The predicted molar refractivity (Wildman–Crippen MR) is 101 cm³/mol. The van der Waals surface area contributed by atoms with Crippen LogP contribution in [0.15, 0.2) is 85.5 Å². The molecule has 0 heterocycles. The molecular weight excluding hydrogens is 292 g/mol. The van der Waals surface area contributed by atoms with Gasteiger partial charge in [-0.2, -0.15) is 0 Å². The van der Waals surface area contributed by atoms with E-state index in [1.54, 1.807) is 0 Å². The van der Waals surface area contributed by atoms with Crippen molar-refractivity contribution in [3.05, 3.63) is 96.6 Å². The van der Waals surface area contributed by atoms with Crippen LogP contribution in [0, 0.1) is 0 Å². The fourth-order valence-corrected chi connectivity index (χ4v) is 3.63. The molecule has 3 aromatic carbocycles. The van der Waals surface area contributed by atoms with Gasteiger partial charge in [0.05, 0.1) is 6.61 Å². The summed E-state index contributed by atoms with van der Waals surface area (Å²) in [7, 11) is 0. The average molecular weight is 312 g/mol. The maximum absolute atomic E-state index is 6.39. The molecule has 0 N–H and O–H groups in total. The van der Waals surface area contributed by atoms with Gasteiger partial charge in [0.15, 0.2) is 0 Å². The van der Waals surface area contributed by atoms with E-state index in [0.29, 0.717) is 6.61 Å². The van der Waals surface area contributed by atoms with Gasteiger partial charge in [-0.15, -0.1) is 0 Å². The highest BCUT2D eigenvalue weighted by atomic mass is 16.5. The molecule has 0 aliphatic heterocycles. The lowest BCUT2D eigenvalue weighted by Crippen LogP contribution is -2.27. The van der Waals surface area contributed by atoms with E-state index in [4.69, 9.17) is 4.74 Å². The van der Waals surface area contributed by atoms with Crippen molar-refractivity contribution >= 4 is 10.8 Å². The lowest BCUT2D eigenvalue weighted by atomic mass is 9.90. The van der Waals surface area contributed by atoms with Crippen molar-refractivity contribution in [1.82, 2.24) is 0 Å². The summed E-state index contributed by atoms with van der Waals surface area (Å²) in [5.74, 6) is 0. The quantitative estimate of drug-likeness (QED) is 0.550. The molecule has 0 bridgehead atoms. The van der Waals surface area contributed by atoms with E-state index < -0.39 is 5.60 Å². The molecule has 1 nitrogen and oxygen atoms in total. The zero-order chi connectivity index (χ0) is 16.7. The van der Waals surface area contributed by atoms with E-state index >= 15 is 0 Å². The monoisotopic (exact) mass is 312 g/mol. The molecule has 1 aliphatic carbocycles. The van der Waals surface area contributed by atoms with E-state index in [1.165, 1.54) is 27.5 Å². The Morgan fingerprint density at radius 1 is 0.958 bits per heavy atom. The minimum absolute atomic E-state index is 0.507. The Labute approximate surface area is 142 Å². The molecule has 0 saturated carbocycles.